The summed E-state index contributed by atoms with van der Waals surface area (Å²) in [5, 5.41) is 9.34. The molecule has 2 saturated heterocycles. The molecule has 0 aromatic heterocycles. The van der Waals surface area contributed by atoms with E-state index in [1.807, 2.05) is 20.2 Å². The number of carbonyl (C=O) groups excluding carboxylic acids is 1. The predicted molar refractivity (Wildman–Crippen MR) is 71.1 cm³/mol. The van der Waals surface area contributed by atoms with Gasteiger partial charge in [0.15, 0.2) is 0 Å². The molecule has 3 heterocycles. The minimum atomic E-state index is -0.935. The fourth-order valence-corrected chi connectivity index (χ4v) is 3.63. The number of hydrogen-bond donors (Lipinski definition) is 1. The molecule has 4 atom stereocenters. The summed E-state index contributed by atoms with van der Waals surface area (Å²) in [7, 11) is 3.99. The van der Waals surface area contributed by atoms with Crippen LogP contribution in [0, 0.1) is 11.8 Å². The molecule has 2 fully saturated rings. The Kier molecular flexibility index (Phi) is 3.10. The quantitative estimate of drug-likeness (QED) is 0.707. The summed E-state index contributed by atoms with van der Waals surface area (Å²) in [6, 6.07) is 0. The first-order valence-electron chi connectivity index (χ1n) is 6.98. The lowest BCUT2D eigenvalue weighted by atomic mass is 9.77. The van der Waals surface area contributed by atoms with Crippen molar-refractivity contribution in [3.05, 3.63) is 12.2 Å². The smallest absolute Gasteiger partial charge is 0.310 e. The molecular weight excluding hydrogens is 260 g/mol. The Morgan fingerprint density at radius 1 is 1.60 bits per heavy atom. The monoisotopic (exact) mass is 280 g/mol. The topological polar surface area (TPSA) is 70.1 Å². The highest BCUT2D eigenvalue weighted by molar-refractivity contribution is 5.90. The molecule has 0 saturated carbocycles. The van der Waals surface area contributed by atoms with Crippen LogP contribution in [0.1, 0.15) is 6.42 Å². The number of aliphatic carboxylic acids is 1. The molecule has 3 aliphatic heterocycles. The fourth-order valence-electron chi connectivity index (χ4n) is 3.63. The maximum Gasteiger partial charge on any atom is 0.310 e. The number of likely N-dealkylation sites (tertiary alicyclic amines) is 1. The average Bonchev–Trinajstić information content (AvgIpc) is 2.98. The number of carboxylic acids is 1. The van der Waals surface area contributed by atoms with Crippen LogP contribution in [0.3, 0.4) is 0 Å². The van der Waals surface area contributed by atoms with Gasteiger partial charge in [0.25, 0.3) is 0 Å². The summed E-state index contributed by atoms with van der Waals surface area (Å²) < 4.78 is 5.82. The number of ether oxygens (including phenoxy) is 1. The number of hydrogen-bond acceptors (Lipinski definition) is 4. The molecule has 6 heteroatoms. The summed E-state index contributed by atoms with van der Waals surface area (Å²) in [5.74, 6) is -2.28. The molecule has 0 unspecified atom stereocenters. The lowest BCUT2D eigenvalue weighted by molar-refractivity contribution is -0.148. The van der Waals surface area contributed by atoms with Crippen LogP contribution < -0.4 is 0 Å². The van der Waals surface area contributed by atoms with Gasteiger partial charge in [-0.05, 0) is 27.1 Å². The van der Waals surface area contributed by atoms with Crippen molar-refractivity contribution in [2.24, 2.45) is 11.8 Å². The Morgan fingerprint density at radius 2 is 2.35 bits per heavy atom. The Bertz CT molecular complexity index is 476. The van der Waals surface area contributed by atoms with Crippen LogP contribution in [0.4, 0.5) is 0 Å². The molecule has 3 aliphatic rings. The third-order valence-electron chi connectivity index (χ3n) is 4.50. The van der Waals surface area contributed by atoms with Gasteiger partial charge in [0, 0.05) is 6.54 Å². The molecule has 2 bridgehead atoms. The average molecular weight is 280 g/mol. The van der Waals surface area contributed by atoms with E-state index in [0.29, 0.717) is 13.1 Å². The van der Waals surface area contributed by atoms with Crippen molar-refractivity contribution in [3.8, 4) is 0 Å². The molecular formula is C14H20N2O4. The second-order valence-electron chi connectivity index (χ2n) is 6.15. The second kappa shape index (κ2) is 4.56. The summed E-state index contributed by atoms with van der Waals surface area (Å²) >= 11 is 0. The van der Waals surface area contributed by atoms with E-state index < -0.39 is 29.5 Å². The van der Waals surface area contributed by atoms with Gasteiger partial charge in [-0.25, -0.2) is 0 Å². The summed E-state index contributed by atoms with van der Waals surface area (Å²) in [4.78, 5) is 27.7. The zero-order valence-corrected chi connectivity index (χ0v) is 11.8. The first-order chi connectivity index (χ1) is 9.44. The Balaban J connectivity index is 1.74. The van der Waals surface area contributed by atoms with Gasteiger partial charge in [-0.2, -0.15) is 0 Å². The number of rotatable bonds is 5. The van der Waals surface area contributed by atoms with Crippen LogP contribution in [0.5, 0.6) is 0 Å². The highest BCUT2D eigenvalue weighted by atomic mass is 16.5. The minimum Gasteiger partial charge on any atom is -0.481 e. The van der Waals surface area contributed by atoms with Crippen LogP contribution >= 0.6 is 0 Å². The van der Waals surface area contributed by atoms with Gasteiger partial charge in [0.2, 0.25) is 5.91 Å². The highest BCUT2D eigenvalue weighted by Crippen LogP contribution is 2.51. The molecule has 110 valence electrons. The van der Waals surface area contributed by atoms with E-state index in [9.17, 15) is 14.7 Å². The lowest BCUT2D eigenvalue weighted by Gasteiger charge is -2.21. The van der Waals surface area contributed by atoms with Gasteiger partial charge >= 0.3 is 5.97 Å². The van der Waals surface area contributed by atoms with Crippen molar-refractivity contribution < 1.29 is 19.4 Å². The Hall–Kier alpha value is -1.40. The van der Waals surface area contributed by atoms with Crippen LogP contribution in [0.15, 0.2) is 12.2 Å². The molecule has 0 radical (unpaired) electrons. The zero-order chi connectivity index (χ0) is 14.5. The molecule has 20 heavy (non-hydrogen) atoms. The van der Waals surface area contributed by atoms with Crippen molar-refractivity contribution in [2.75, 3.05) is 33.7 Å². The first kappa shape index (κ1) is 13.6. The van der Waals surface area contributed by atoms with E-state index in [0.717, 1.165) is 13.0 Å². The van der Waals surface area contributed by atoms with E-state index in [1.54, 1.807) is 11.0 Å². The second-order valence-corrected chi connectivity index (χ2v) is 6.15. The van der Waals surface area contributed by atoms with E-state index in [2.05, 4.69) is 4.90 Å². The molecule has 1 N–H and O–H groups in total. The molecule has 0 aromatic rings. The number of nitrogens with zero attached hydrogens (tertiary/aromatic N) is 2. The molecule has 0 aliphatic carbocycles. The van der Waals surface area contributed by atoms with Crippen LogP contribution in [-0.2, 0) is 14.3 Å². The highest BCUT2D eigenvalue weighted by Gasteiger charge is 2.66. The summed E-state index contributed by atoms with van der Waals surface area (Å²) in [6.45, 7) is 2.05. The molecule has 1 amide bonds. The van der Waals surface area contributed by atoms with Gasteiger partial charge in [0.1, 0.15) is 11.5 Å². The van der Waals surface area contributed by atoms with Gasteiger partial charge in [-0.15, -0.1) is 0 Å². The molecule has 3 rings (SSSR count). The maximum atomic E-state index is 12.5. The predicted octanol–water partition coefficient (Wildman–Crippen LogP) is -0.195. The van der Waals surface area contributed by atoms with Crippen molar-refractivity contribution in [3.63, 3.8) is 0 Å². The van der Waals surface area contributed by atoms with Gasteiger partial charge in [-0.3, -0.25) is 9.59 Å². The van der Waals surface area contributed by atoms with Crippen molar-refractivity contribution in [1.29, 1.82) is 0 Å². The van der Waals surface area contributed by atoms with Crippen LogP contribution in [0.25, 0.3) is 0 Å². The number of amides is 1. The van der Waals surface area contributed by atoms with E-state index >= 15 is 0 Å². The third kappa shape index (κ3) is 1.86. The van der Waals surface area contributed by atoms with E-state index in [1.165, 1.54) is 0 Å². The lowest BCUT2D eigenvalue weighted by Crippen LogP contribution is -2.39. The number of fused-ring (bicyclic) bond motifs is 1. The van der Waals surface area contributed by atoms with Crippen LogP contribution in [0.2, 0.25) is 0 Å². The van der Waals surface area contributed by atoms with Crippen molar-refractivity contribution >= 4 is 11.9 Å². The normalized spacial score (nSPS) is 38.0. The zero-order valence-electron chi connectivity index (χ0n) is 11.8. The molecule has 6 nitrogen and oxygen atoms in total. The Morgan fingerprint density at radius 3 is 3.00 bits per heavy atom. The fraction of sp³-hybridized carbons (Fsp3) is 0.714. The van der Waals surface area contributed by atoms with Crippen molar-refractivity contribution in [2.45, 2.75) is 18.1 Å². The Labute approximate surface area is 118 Å². The van der Waals surface area contributed by atoms with E-state index in [-0.39, 0.29) is 5.91 Å². The van der Waals surface area contributed by atoms with E-state index in [4.69, 9.17) is 4.74 Å². The summed E-state index contributed by atoms with van der Waals surface area (Å²) in [6.07, 6.45) is 4.13. The van der Waals surface area contributed by atoms with Crippen LogP contribution in [-0.4, -0.2) is 72.2 Å². The van der Waals surface area contributed by atoms with Crippen molar-refractivity contribution in [1.82, 2.24) is 9.80 Å². The summed E-state index contributed by atoms with van der Waals surface area (Å²) in [5.41, 5.74) is -0.692. The minimum absolute atomic E-state index is 0.0667. The standard InChI is InChI=1S/C14H20N2O4/c1-15(2)6-3-7-16-8-14-5-4-9(20-14)10(13(18)19)11(14)12(16)17/h4-5,9-11H,3,6-8H2,1-2H3,(H,18,19)/t9-,10+,11+,14-/m1/s1. The number of carboxylic acid groups (broad SMARTS) is 1. The third-order valence-corrected chi connectivity index (χ3v) is 4.50. The molecule has 0 aromatic carbocycles. The first-order valence-corrected chi connectivity index (χ1v) is 6.98. The van der Waals surface area contributed by atoms with Gasteiger partial charge in [0.05, 0.1) is 18.6 Å². The SMILES string of the molecule is CN(C)CCCN1C[C@@]23C=C[C@@H](O2)[C@H](C(=O)O)[C@H]3C1=O. The molecule has 1 spiro atoms. The van der Waals surface area contributed by atoms with Gasteiger partial charge in [-0.1, -0.05) is 12.2 Å². The number of carbonyl (C=O) groups is 2. The largest absolute Gasteiger partial charge is 0.481 e. The maximum absolute atomic E-state index is 12.5. The van der Waals surface area contributed by atoms with Gasteiger partial charge < -0.3 is 19.6 Å².